The van der Waals surface area contributed by atoms with Gasteiger partial charge in [-0.05, 0) is 64.0 Å². The average molecular weight is 443 g/mol. The standard InChI is InChI=1S/C21H19BrN2O4/c1-27-16-7-8-19(22)18(11-16)21(26)23-12-14-4-2-5-15(10-14)20(25)24-13-17-6-3-9-28-17/h2-11H,12-13H2,1H3,(H,23,26)(H,24,25). The Balaban J connectivity index is 1.61. The number of ether oxygens (including phenoxy) is 1. The Morgan fingerprint density at radius 3 is 2.57 bits per heavy atom. The molecule has 0 aliphatic carbocycles. The molecular weight excluding hydrogens is 424 g/mol. The zero-order valence-corrected chi connectivity index (χ0v) is 16.8. The van der Waals surface area contributed by atoms with Crippen LogP contribution in [0, 0.1) is 0 Å². The predicted molar refractivity (Wildman–Crippen MR) is 108 cm³/mol. The van der Waals surface area contributed by atoms with Crippen molar-refractivity contribution < 1.29 is 18.7 Å². The highest BCUT2D eigenvalue weighted by Gasteiger charge is 2.12. The zero-order valence-electron chi connectivity index (χ0n) is 15.2. The van der Waals surface area contributed by atoms with Crippen LogP contribution in [0.5, 0.6) is 5.75 Å². The summed E-state index contributed by atoms with van der Waals surface area (Å²) < 4.78 is 11.0. The summed E-state index contributed by atoms with van der Waals surface area (Å²) in [6, 6.07) is 15.9. The number of amides is 2. The summed E-state index contributed by atoms with van der Waals surface area (Å²) in [6.07, 6.45) is 1.56. The second kappa shape index (κ2) is 9.23. The largest absolute Gasteiger partial charge is 0.497 e. The molecule has 0 bridgehead atoms. The third kappa shape index (κ3) is 5.01. The normalized spacial score (nSPS) is 10.4. The van der Waals surface area contributed by atoms with Gasteiger partial charge >= 0.3 is 0 Å². The van der Waals surface area contributed by atoms with Crippen LogP contribution in [-0.4, -0.2) is 18.9 Å². The van der Waals surface area contributed by atoms with E-state index in [0.717, 1.165) is 5.56 Å². The number of halogens is 1. The lowest BCUT2D eigenvalue weighted by atomic mass is 10.1. The molecule has 2 N–H and O–H groups in total. The number of methoxy groups -OCH3 is 1. The minimum absolute atomic E-state index is 0.208. The molecule has 0 atom stereocenters. The molecule has 0 spiro atoms. The van der Waals surface area contributed by atoms with E-state index in [1.165, 1.54) is 0 Å². The van der Waals surface area contributed by atoms with Gasteiger partial charge in [-0.25, -0.2) is 0 Å². The van der Waals surface area contributed by atoms with Crippen LogP contribution in [0.3, 0.4) is 0 Å². The summed E-state index contributed by atoms with van der Waals surface area (Å²) in [5.41, 5.74) is 1.81. The predicted octanol–water partition coefficient (Wildman–Crippen LogP) is 3.91. The summed E-state index contributed by atoms with van der Waals surface area (Å²) >= 11 is 3.37. The number of carbonyl (C=O) groups excluding carboxylic acids is 2. The molecule has 2 amide bonds. The van der Waals surface area contributed by atoms with Crippen LogP contribution < -0.4 is 15.4 Å². The minimum Gasteiger partial charge on any atom is -0.497 e. The summed E-state index contributed by atoms with van der Waals surface area (Å²) in [6.45, 7) is 0.610. The monoisotopic (exact) mass is 442 g/mol. The van der Waals surface area contributed by atoms with E-state index in [2.05, 4.69) is 26.6 Å². The van der Waals surface area contributed by atoms with Crippen molar-refractivity contribution in [3.8, 4) is 5.75 Å². The van der Waals surface area contributed by atoms with Gasteiger partial charge in [-0.2, -0.15) is 0 Å². The molecule has 0 radical (unpaired) electrons. The maximum atomic E-state index is 12.5. The molecule has 0 saturated carbocycles. The summed E-state index contributed by atoms with van der Waals surface area (Å²) in [5, 5.41) is 5.66. The van der Waals surface area contributed by atoms with Gasteiger partial charge in [-0.15, -0.1) is 0 Å². The third-order valence-electron chi connectivity index (χ3n) is 4.06. The van der Waals surface area contributed by atoms with E-state index in [-0.39, 0.29) is 11.8 Å². The van der Waals surface area contributed by atoms with Crippen molar-refractivity contribution >= 4 is 27.7 Å². The van der Waals surface area contributed by atoms with Crippen molar-refractivity contribution in [1.29, 1.82) is 0 Å². The molecule has 28 heavy (non-hydrogen) atoms. The van der Waals surface area contributed by atoms with Gasteiger partial charge in [0, 0.05) is 16.6 Å². The van der Waals surface area contributed by atoms with E-state index in [9.17, 15) is 9.59 Å². The number of furan rings is 1. The van der Waals surface area contributed by atoms with E-state index in [4.69, 9.17) is 9.15 Å². The highest BCUT2D eigenvalue weighted by Crippen LogP contribution is 2.22. The molecule has 3 rings (SSSR count). The lowest BCUT2D eigenvalue weighted by molar-refractivity contribution is 0.0943. The average Bonchev–Trinajstić information content (AvgIpc) is 3.24. The van der Waals surface area contributed by atoms with Gasteiger partial charge in [0.25, 0.3) is 11.8 Å². The Labute approximate surface area is 171 Å². The van der Waals surface area contributed by atoms with Crippen LogP contribution in [0.15, 0.2) is 69.8 Å². The van der Waals surface area contributed by atoms with E-state index < -0.39 is 0 Å². The molecule has 7 heteroatoms. The number of benzene rings is 2. The van der Waals surface area contributed by atoms with Crippen molar-refractivity contribution in [1.82, 2.24) is 10.6 Å². The molecule has 1 heterocycles. The lowest BCUT2D eigenvalue weighted by Gasteiger charge is -2.10. The second-order valence-electron chi connectivity index (χ2n) is 5.99. The van der Waals surface area contributed by atoms with Crippen molar-refractivity contribution in [2.45, 2.75) is 13.1 Å². The number of nitrogens with one attached hydrogen (secondary N) is 2. The molecule has 0 unspecified atom stereocenters. The van der Waals surface area contributed by atoms with E-state index in [1.54, 1.807) is 61.9 Å². The van der Waals surface area contributed by atoms with E-state index >= 15 is 0 Å². The molecule has 3 aromatic rings. The van der Waals surface area contributed by atoms with Gasteiger partial charge in [0.2, 0.25) is 0 Å². The molecule has 0 aliphatic heterocycles. The van der Waals surface area contributed by atoms with Crippen LogP contribution in [0.4, 0.5) is 0 Å². The van der Waals surface area contributed by atoms with Crippen LogP contribution >= 0.6 is 15.9 Å². The lowest BCUT2D eigenvalue weighted by Crippen LogP contribution is -2.24. The molecule has 0 fully saturated rings. The fourth-order valence-corrected chi connectivity index (χ4v) is 3.01. The summed E-state index contributed by atoms with van der Waals surface area (Å²) in [7, 11) is 1.55. The molecule has 0 saturated heterocycles. The number of hydrogen-bond acceptors (Lipinski definition) is 4. The third-order valence-corrected chi connectivity index (χ3v) is 4.76. The van der Waals surface area contributed by atoms with Crippen LogP contribution in [0.1, 0.15) is 32.0 Å². The molecule has 0 aliphatic rings. The zero-order chi connectivity index (χ0) is 19.9. The van der Waals surface area contributed by atoms with Crippen molar-refractivity contribution in [2.24, 2.45) is 0 Å². The quantitative estimate of drug-likeness (QED) is 0.581. The number of carbonyl (C=O) groups is 2. The number of rotatable bonds is 7. The Hall–Kier alpha value is -3.06. The maximum Gasteiger partial charge on any atom is 0.252 e. The fourth-order valence-electron chi connectivity index (χ4n) is 2.59. The SMILES string of the molecule is COc1ccc(Br)c(C(=O)NCc2cccc(C(=O)NCc3ccco3)c2)c1. The minimum atomic E-state index is -0.238. The van der Waals surface area contributed by atoms with Gasteiger partial charge < -0.3 is 19.8 Å². The highest BCUT2D eigenvalue weighted by molar-refractivity contribution is 9.10. The Morgan fingerprint density at radius 2 is 1.82 bits per heavy atom. The highest BCUT2D eigenvalue weighted by atomic mass is 79.9. The first kappa shape index (κ1) is 19.7. The summed E-state index contributed by atoms with van der Waals surface area (Å²) in [4.78, 5) is 24.8. The smallest absolute Gasteiger partial charge is 0.252 e. The van der Waals surface area contributed by atoms with Gasteiger partial charge in [0.1, 0.15) is 11.5 Å². The molecular formula is C21H19BrN2O4. The topological polar surface area (TPSA) is 80.6 Å². The first-order valence-electron chi connectivity index (χ1n) is 8.58. The van der Waals surface area contributed by atoms with Crippen molar-refractivity contribution in [3.63, 3.8) is 0 Å². The van der Waals surface area contributed by atoms with Gasteiger partial charge in [0.05, 0.1) is 25.5 Å². The molecule has 144 valence electrons. The van der Waals surface area contributed by atoms with Crippen LogP contribution in [0.2, 0.25) is 0 Å². The van der Waals surface area contributed by atoms with Crippen molar-refractivity contribution in [2.75, 3.05) is 7.11 Å². The Kier molecular flexibility index (Phi) is 6.49. The molecule has 2 aromatic carbocycles. The van der Waals surface area contributed by atoms with Crippen LogP contribution in [0.25, 0.3) is 0 Å². The fraction of sp³-hybridized carbons (Fsp3) is 0.143. The molecule has 6 nitrogen and oxygen atoms in total. The van der Waals surface area contributed by atoms with E-state index in [0.29, 0.717) is 40.2 Å². The van der Waals surface area contributed by atoms with Crippen molar-refractivity contribution in [3.05, 3.63) is 87.8 Å². The number of hydrogen-bond donors (Lipinski definition) is 2. The Morgan fingerprint density at radius 1 is 1.00 bits per heavy atom. The van der Waals surface area contributed by atoms with Gasteiger partial charge in [0.15, 0.2) is 0 Å². The van der Waals surface area contributed by atoms with Gasteiger partial charge in [-0.3, -0.25) is 9.59 Å². The second-order valence-corrected chi connectivity index (χ2v) is 6.85. The summed E-state index contributed by atoms with van der Waals surface area (Å²) in [5.74, 6) is 0.836. The Bertz CT molecular complexity index is 970. The van der Waals surface area contributed by atoms with E-state index in [1.807, 2.05) is 6.07 Å². The van der Waals surface area contributed by atoms with Crippen LogP contribution in [-0.2, 0) is 13.1 Å². The first-order valence-corrected chi connectivity index (χ1v) is 9.37. The first-order chi connectivity index (χ1) is 13.6. The maximum absolute atomic E-state index is 12.5. The van der Waals surface area contributed by atoms with Gasteiger partial charge in [-0.1, -0.05) is 12.1 Å². The molecule has 1 aromatic heterocycles.